The van der Waals surface area contributed by atoms with Gasteiger partial charge in [-0.15, -0.1) is 0 Å². The van der Waals surface area contributed by atoms with Gasteiger partial charge in [0.2, 0.25) is 0 Å². The molecule has 0 aliphatic carbocycles. The molecule has 0 aliphatic rings. The summed E-state index contributed by atoms with van der Waals surface area (Å²) in [6.45, 7) is 6.81. The van der Waals surface area contributed by atoms with Crippen LogP contribution in [0.1, 0.15) is 38.9 Å². The molecule has 0 unspecified atom stereocenters. The van der Waals surface area contributed by atoms with Crippen molar-refractivity contribution in [1.29, 1.82) is 0 Å². The Kier molecular flexibility index (Phi) is 3.84. The Labute approximate surface area is 111 Å². The lowest BCUT2D eigenvalue weighted by Gasteiger charge is -2.11. The molecule has 19 heavy (non-hydrogen) atoms. The third-order valence-corrected chi connectivity index (χ3v) is 2.47. The van der Waals surface area contributed by atoms with Crippen molar-refractivity contribution in [3.8, 4) is 5.75 Å². The first kappa shape index (κ1) is 13.5. The number of hydrogen-bond acceptors (Lipinski definition) is 6. The fourth-order valence-corrected chi connectivity index (χ4v) is 1.49. The van der Waals surface area contributed by atoms with Gasteiger partial charge < -0.3 is 15.0 Å². The number of nitrogens with zero attached hydrogens (tertiary/aromatic N) is 4. The Morgan fingerprint density at radius 2 is 2.26 bits per heavy atom. The molecule has 2 aromatic heterocycles. The third kappa shape index (κ3) is 3.54. The molecular formula is C12H19N5O2. The predicted octanol–water partition coefficient (Wildman–Crippen LogP) is 1.45. The van der Waals surface area contributed by atoms with E-state index < -0.39 is 5.54 Å². The summed E-state index contributed by atoms with van der Waals surface area (Å²) in [5.41, 5.74) is 5.26. The lowest BCUT2D eigenvalue weighted by atomic mass is 10.1. The van der Waals surface area contributed by atoms with Crippen molar-refractivity contribution in [1.82, 2.24) is 19.9 Å². The Morgan fingerprint density at radius 3 is 2.89 bits per heavy atom. The Balaban J connectivity index is 1.93. The maximum Gasteiger partial charge on any atom is 0.264 e. The highest BCUT2D eigenvalue weighted by atomic mass is 16.5. The number of ether oxygens (including phenoxy) is 1. The monoisotopic (exact) mass is 265 g/mol. The van der Waals surface area contributed by atoms with E-state index in [1.807, 2.05) is 24.7 Å². The van der Waals surface area contributed by atoms with Gasteiger partial charge in [-0.3, -0.25) is 4.68 Å². The van der Waals surface area contributed by atoms with Crippen LogP contribution in [0.2, 0.25) is 0 Å². The minimum Gasteiger partial charge on any atom is -0.480 e. The standard InChI is InChI=1S/C12H19N5O2/c1-4-5-17-7-9(6-14-17)18-8-10-15-11(16-19-10)12(2,3)13/h6-7H,4-5,8,13H2,1-3H3. The Morgan fingerprint density at radius 1 is 1.47 bits per heavy atom. The summed E-state index contributed by atoms with van der Waals surface area (Å²) in [6.07, 6.45) is 4.53. The first-order valence-electron chi connectivity index (χ1n) is 6.26. The topological polar surface area (TPSA) is 92.0 Å². The minimum absolute atomic E-state index is 0.209. The summed E-state index contributed by atoms with van der Waals surface area (Å²) in [5.74, 6) is 1.55. The van der Waals surface area contributed by atoms with Crippen LogP contribution in [0.3, 0.4) is 0 Å². The summed E-state index contributed by atoms with van der Waals surface area (Å²) in [4.78, 5) is 4.18. The molecule has 0 amide bonds. The van der Waals surface area contributed by atoms with E-state index in [1.54, 1.807) is 6.20 Å². The number of rotatable bonds is 6. The highest BCUT2D eigenvalue weighted by Gasteiger charge is 2.21. The Bertz CT molecular complexity index is 526. The van der Waals surface area contributed by atoms with Crippen LogP contribution in [0.5, 0.6) is 5.75 Å². The van der Waals surface area contributed by atoms with Crippen LogP contribution >= 0.6 is 0 Å². The molecule has 0 fully saturated rings. The van der Waals surface area contributed by atoms with E-state index in [0.717, 1.165) is 13.0 Å². The first-order chi connectivity index (χ1) is 8.99. The average molecular weight is 265 g/mol. The number of hydrogen-bond donors (Lipinski definition) is 1. The number of aromatic nitrogens is 4. The van der Waals surface area contributed by atoms with Crippen molar-refractivity contribution < 1.29 is 9.26 Å². The fraction of sp³-hybridized carbons (Fsp3) is 0.583. The first-order valence-corrected chi connectivity index (χ1v) is 6.26. The molecule has 2 rings (SSSR count). The zero-order chi connectivity index (χ0) is 13.9. The van der Waals surface area contributed by atoms with Gasteiger partial charge in [-0.2, -0.15) is 10.1 Å². The van der Waals surface area contributed by atoms with Crippen LogP contribution in [-0.4, -0.2) is 19.9 Å². The van der Waals surface area contributed by atoms with E-state index in [-0.39, 0.29) is 6.61 Å². The highest BCUT2D eigenvalue weighted by molar-refractivity contribution is 5.11. The summed E-state index contributed by atoms with van der Waals surface area (Å²) >= 11 is 0. The van der Waals surface area contributed by atoms with Crippen LogP contribution in [0.15, 0.2) is 16.9 Å². The van der Waals surface area contributed by atoms with Crippen molar-refractivity contribution in [3.63, 3.8) is 0 Å². The van der Waals surface area contributed by atoms with E-state index in [0.29, 0.717) is 17.5 Å². The smallest absolute Gasteiger partial charge is 0.264 e. The molecule has 0 radical (unpaired) electrons. The van der Waals surface area contributed by atoms with Gasteiger partial charge in [-0.25, -0.2) is 0 Å². The number of aryl methyl sites for hydroxylation is 1. The van der Waals surface area contributed by atoms with Gasteiger partial charge in [0.1, 0.15) is 0 Å². The Hall–Kier alpha value is -1.89. The molecule has 0 spiro atoms. The zero-order valence-corrected chi connectivity index (χ0v) is 11.5. The lowest BCUT2D eigenvalue weighted by molar-refractivity contribution is 0.241. The maximum absolute atomic E-state index is 5.87. The second-order valence-corrected chi connectivity index (χ2v) is 4.96. The summed E-state index contributed by atoms with van der Waals surface area (Å²) in [6, 6.07) is 0. The summed E-state index contributed by atoms with van der Waals surface area (Å²) in [7, 11) is 0. The van der Waals surface area contributed by atoms with Crippen LogP contribution in [0, 0.1) is 0 Å². The fourth-order valence-electron chi connectivity index (χ4n) is 1.49. The third-order valence-electron chi connectivity index (χ3n) is 2.47. The van der Waals surface area contributed by atoms with E-state index in [2.05, 4.69) is 22.2 Å². The van der Waals surface area contributed by atoms with E-state index >= 15 is 0 Å². The van der Waals surface area contributed by atoms with Crippen molar-refractivity contribution in [2.24, 2.45) is 5.73 Å². The molecule has 0 atom stereocenters. The molecule has 0 bridgehead atoms. The van der Waals surface area contributed by atoms with Gasteiger partial charge in [0, 0.05) is 6.54 Å². The van der Waals surface area contributed by atoms with Gasteiger partial charge in [0.15, 0.2) is 18.2 Å². The normalized spacial score (nSPS) is 11.8. The zero-order valence-electron chi connectivity index (χ0n) is 11.5. The molecular weight excluding hydrogens is 246 g/mol. The SMILES string of the molecule is CCCn1cc(OCc2nc(C(C)(C)N)no2)cn1. The van der Waals surface area contributed by atoms with Gasteiger partial charge in [0.25, 0.3) is 5.89 Å². The van der Waals surface area contributed by atoms with Crippen LogP contribution in [-0.2, 0) is 18.7 Å². The quantitative estimate of drug-likeness (QED) is 0.849. The number of nitrogens with two attached hydrogens (primary N) is 1. The maximum atomic E-state index is 5.87. The highest BCUT2D eigenvalue weighted by Crippen LogP contribution is 2.14. The molecule has 2 heterocycles. The van der Waals surface area contributed by atoms with E-state index in [1.165, 1.54) is 0 Å². The second kappa shape index (κ2) is 5.40. The molecule has 104 valence electrons. The van der Waals surface area contributed by atoms with E-state index in [9.17, 15) is 0 Å². The molecule has 7 nitrogen and oxygen atoms in total. The van der Waals surface area contributed by atoms with Crippen molar-refractivity contribution in [2.45, 2.75) is 45.9 Å². The van der Waals surface area contributed by atoms with Crippen LogP contribution < -0.4 is 10.5 Å². The van der Waals surface area contributed by atoms with Gasteiger partial charge in [-0.05, 0) is 20.3 Å². The molecule has 2 aromatic rings. The molecule has 7 heteroatoms. The predicted molar refractivity (Wildman–Crippen MR) is 68.4 cm³/mol. The molecule has 0 saturated heterocycles. The lowest BCUT2D eigenvalue weighted by Crippen LogP contribution is -2.30. The van der Waals surface area contributed by atoms with Crippen LogP contribution in [0.25, 0.3) is 0 Å². The second-order valence-electron chi connectivity index (χ2n) is 4.96. The molecule has 0 aromatic carbocycles. The average Bonchev–Trinajstić information content (AvgIpc) is 2.94. The van der Waals surface area contributed by atoms with Crippen LogP contribution in [0.4, 0.5) is 0 Å². The van der Waals surface area contributed by atoms with Gasteiger partial charge in [0.05, 0.1) is 17.9 Å². The largest absolute Gasteiger partial charge is 0.480 e. The van der Waals surface area contributed by atoms with Crippen molar-refractivity contribution in [2.75, 3.05) is 0 Å². The minimum atomic E-state index is -0.617. The summed E-state index contributed by atoms with van der Waals surface area (Å²) < 4.78 is 12.4. The molecule has 2 N–H and O–H groups in total. The van der Waals surface area contributed by atoms with E-state index in [4.69, 9.17) is 15.0 Å². The van der Waals surface area contributed by atoms with Crippen molar-refractivity contribution >= 4 is 0 Å². The summed E-state index contributed by atoms with van der Waals surface area (Å²) in [5, 5.41) is 7.99. The molecule has 0 aliphatic heterocycles. The van der Waals surface area contributed by atoms with Gasteiger partial charge >= 0.3 is 0 Å². The van der Waals surface area contributed by atoms with Gasteiger partial charge in [-0.1, -0.05) is 12.1 Å². The van der Waals surface area contributed by atoms with Crippen molar-refractivity contribution in [3.05, 3.63) is 24.1 Å². The molecule has 0 saturated carbocycles.